The molecule has 3 atom stereocenters. The zero-order valence-corrected chi connectivity index (χ0v) is 17.8. The number of nitrogens with one attached hydrogen (secondary N) is 1. The largest absolute Gasteiger partial charge is 0.390 e. The lowest BCUT2D eigenvalue weighted by Crippen LogP contribution is -2.63. The number of hydrogen-bond donors (Lipinski definition) is 2. The molecular weight excluding hydrogens is 413 g/mol. The number of aromatic nitrogens is 1. The Morgan fingerprint density at radius 2 is 2.00 bits per heavy atom. The molecule has 1 aromatic heterocycles. The lowest BCUT2D eigenvalue weighted by atomic mass is 10.00. The number of rotatable bonds is 4. The van der Waals surface area contributed by atoms with E-state index >= 15 is 0 Å². The maximum atomic E-state index is 12.9. The van der Waals surface area contributed by atoms with Crippen molar-refractivity contribution in [3.05, 3.63) is 46.6 Å². The highest BCUT2D eigenvalue weighted by Crippen LogP contribution is 2.35. The molecule has 0 aliphatic carbocycles. The van der Waals surface area contributed by atoms with Crippen molar-refractivity contribution < 1.29 is 14.7 Å². The minimum Gasteiger partial charge on any atom is -0.390 e. The maximum absolute atomic E-state index is 12.9. The highest BCUT2D eigenvalue weighted by molar-refractivity contribution is 6.42. The van der Waals surface area contributed by atoms with Gasteiger partial charge in [0.2, 0.25) is 11.8 Å². The van der Waals surface area contributed by atoms with Crippen molar-refractivity contribution in [3.8, 4) is 0 Å². The van der Waals surface area contributed by atoms with Crippen molar-refractivity contribution in [2.45, 2.75) is 50.4 Å². The van der Waals surface area contributed by atoms with Crippen LogP contribution < -0.4 is 5.32 Å². The Bertz CT molecular complexity index is 1030. The molecule has 0 radical (unpaired) electrons. The van der Waals surface area contributed by atoms with Gasteiger partial charge in [-0.1, -0.05) is 29.3 Å². The van der Waals surface area contributed by atoms with E-state index in [9.17, 15) is 14.7 Å². The van der Waals surface area contributed by atoms with E-state index in [1.807, 2.05) is 36.8 Å². The van der Waals surface area contributed by atoms with Gasteiger partial charge in [-0.15, -0.1) is 6.58 Å². The number of piperazine rings is 1. The Kier molecular flexibility index (Phi) is 4.92. The average Bonchev–Trinajstić information content (AvgIpc) is 3.22. The lowest BCUT2D eigenvalue weighted by molar-refractivity contribution is -0.149. The Labute approximate surface area is 179 Å². The van der Waals surface area contributed by atoms with E-state index < -0.39 is 23.7 Å². The van der Waals surface area contributed by atoms with Gasteiger partial charge in [0.05, 0.1) is 27.2 Å². The van der Waals surface area contributed by atoms with Crippen LogP contribution in [0.2, 0.25) is 10.0 Å². The topological polar surface area (TPSA) is 74.6 Å². The third-order valence-corrected chi connectivity index (χ3v) is 6.73. The second-order valence-electron chi connectivity index (χ2n) is 8.26. The summed E-state index contributed by atoms with van der Waals surface area (Å²) in [6, 6.07) is 2.13. The summed E-state index contributed by atoms with van der Waals surface area (Å²) in [7, 11) is 0. The van der Waals surface area contributed by atoms with Crippen molar-refractivity contribution in [3.63, 3.8) is 0 Å². The van der Waals surface area contributed by atoms with Crippen molar-refractivity contribution >= 4 is 45.9 Å². The monoisotopic (exact) mass is 435 g/mol. The number of halogens is 2. The molecule has 8 heteroatoms. The molecule has 2 N–H and O–H groups in total. The number of aliphatic hydroxyl groups is 1. The number of fused-ring (bicyclic) bond motifs is 2. The van der Waals surface area contributed by atoms with Gasteiger partial charge in [-0.05, 0) is 38.0 Å². The van der Waals surface area contributed by atoms with Gasteiger partial charge in [0, 0.05) is 24.5 Å². The molecule has 0 saturated carbocycles. The number of carbonyl (C=O) groups is 2. The second-order valence-corrected chi connectivity index (χ2v) is 9.08. The van der Waals surface area contributed by atoms with E-state index in [1.165, 1.54) is 4.90 Å². The van der Waals surface area contributed by atoms with Crippen LogP contribution in [-0.2, 0) is 21.5 Å². The summed E-state index contributed by atoms with van der Waals surface area (Å²) in [5.74, 6) is -0.481. The van der Waals surface area contributed by atoms with Crippen molar-refractivity contribution in [2.75, 3.05) is 6.54 Å². The summed E-state index contributed by atoms with van der Waals surface area (Å²) in [5, 5.41) is 14.5. The average molecular weight is 436 g/mol. The molecule has 2 aliphatic heterocycles. The molecular formula is C21H23Cl2N3O3. The molecule has 3 heterocycles. The van der Waals surface area contributed by atoms with Crippen LogP contribution in [-0.4, -0.2) is 51.1 Å². The van der Waals surface area contributed by atoms with Crippen LogP contribution in [0.5, 0.6) is 0 Å². The van der Waals surface area contributed by atoms with Gasteiger partial charge in [0.15, 0.2) is 0 Å². The van der Waals surface area contributed by atoms with E-state index in [4.69, 9.17) is 23.2 Å². The van der Waals surface area contributed by atoms with Crippen molar-refractivity contribution in [2.24, 2.45) is 0 Å². The molecule has 2 aromatic rings. The smallest absolute Gasteiger partial charge is 0.246 e. The Morgan fingerprint density at radius 3 is 2.69 bits per heavy atom. The first-order chi connectivity index (χ1) is 13.6. The minimum atomic E-state index is -0.809. The van der Waals surface area contributed by atoms with Gasteiger partial charge in [-0.25, -0.2) is 0 Å². The van der Waals surface area contributed by atoms with E-state index in [-0.39, 0.29) is 11.8 Å². The van der Waals surface area contributed by atoms with Crippen LogP contribution in [0.15, 0.2) is 31.0 Å². The first kappa shape index (κ1) is 20.3. The van der Waals surface area contributed by atoms with Crippen LogP contribution in [0.1, 0.15) is 25.8 Å². The van der Waals surface area contributed by atoms with Crippen molar-refractivity contribution in [1.82, 2.24) is 14.8 Å². The van der Waals surface area contributed by atoms with E-state index in [1.54, 1.807) is 6.07 Å². The van der Waals surface area contributed by atoms with E-state index in [0.717, 1.165) is 16.5 Å². The summed E-state index contributed by atoms with van der Waals surface area (Å²) in [6.45, 7) is 8.36. The molecule has 2 aliphatic rings. The summed E-state index contributed by atoms with van der Waals surface area (Å²) in [6.07, 6.45) is 3.72. The number of carbonyl (C=O) groups excluding carboxylic acids is 2. The summed E-state index contributed by atoms with van der Waals surface area (Å²) in [4.78, 5) is 26.9. The number of amides is 2. The fourth-order valence-electron chi connectivity index (χ4n) is 4.24. The van der Waals surface area contributed by atoms with Gasteiger partial charge in [0.1, 0.15) is 12.1 Å². The third-order valence-electron chi connectivity index (χ3n) is 6.01. The molecule has 1 aromatic carbocycles. The van der Waals surface area contributed by atoms with Crippen molar-refractivity contribution in [1.29, 1.82) is 0 Å². The molecule has 6 nitrogen and oxygen atoms in total. The molecule has 2 amide bonds. The van der Waals surface area contributed by atoms with Crippen LogP contribution in [0, 0.1) is 0 Å². The van der Waals surface area contributed by atoms with Crippen LogP contribution in [0.4, 0.5) is 0 Å². The fourth-order valence-corrected chi connectivity index (χ4v) is 4.56. The molecule has 154 valence electrons. The Balaban J connectivity index is 1.75. The number of aliphatic hydroxyl groups excluding tert-OH is 1. The SMILES string of the molecule is C=CC(C)(C)n1cc(CC2NC(=O)[C@@H]3[C@H](O)CCN3C2=O)c2cc(Cl)c(Cl)cc21. The molecule has 2 saturated heterocycles. The predicted octanol–water partition coefficient (Wildman–Crippen LogP) is 2.87. The number of benzene rings is 1. The zero-order chi connectivity index (χ0) is 21.1. The molecule has 2 fully saturated rings. The number of allylic oxidation sites excluding steroid dienone is 1. The maximum Gasteiger partial charge on any atom is 0.246 e. The van der Waals surface area contributed by atoms with E-state index in [2.05, 4.69) is 11.9 Å². The summed E-state index contributed by atoms with van der Waals surface area (Å²) < 4.78 is 2.05. The standard InChI is InChI=1S/C21H23Cl2N3O3/c1-4-21(2,3)26-10-11(12-8-13(22)14(23)9-16(12)26)7-15-20(29)25-6-5-17(27)18(25)19(28)24-15/h4,8-10,15,17-18,27H,1,5-7H2,2-3H3,(H,24,28)/t15?,17-,18+/m1/s1. The predicted molar refractivity (Wildman–Crippen MR) is 113 cm³/mol. The minimum absolute atomic E-state index is 0.171. The summed E-state index contributed by atoms with van der Waals surface area (Å²) >= 11 is 12.5. The van der Waals surface area contributed by atoms with Gasteiger partial charge < -0.3 is 19.9 Å². The number of nitrogens with zero attached hydrogens (tertiary/aromatic N) is 2. The third kappa shape index (κ3) is 3.23. The van der Waals surface area contributed by atoms with Gasteiger partial charge >= 0.3 is 0 Å². The molecule has 0 bridgehead atoms. The Morgan fingerprint density at radius 1 is 1.31 bits per heavy atom. The lowest BCUT2D eigenvalue weighted by Gasteiger charge is -2.35. The molecule has 29 heavy (non-hydrogen) atoms. The number of hydrogen-bond acceptors (Lipinski definition) is 3. The summed E-state index contributed by atoms with van der Waals surface area (Å²) in [5.41, 5.74) is 1.37. The van der Waals surface area contributed by atoms with Gasteiger partial charge in [0.25, 0.3) is 0 Å². The van der Waals surface area contributed by atoms with Crippen LogP contribution in [0.3, 0.4) is 0 Å². The molecule has 1 unspecified atom stereocenters. The highest BCUT2D eigenvalue weighted by atomic mass is 35.5. The second kappa shape index (κ2) is 7.04. The highest BCUT2D eigenvalue weighted by Gasteiger charge is 2.47. The normalized spacial score (nSPS) is 24.7. The fraction of sp³-hybridized carbons (Fsp3) is 0.429. The molecule has 4 rings (SSSR count). The molecule has 0 spiro atoms. The zero-order valence-electron chi connectivity index (χ0n) is 16.3. The van der Waals surface area contributed by atoms with Gasteiger partial charge in [-0.3, -0.25) is 9.59 Å². The first-order valence-corrected chi connectivity index (χ1v) is 10.3. The quantitative estimate of drug-likeness (QED) is 0.724. The van der Waals surface area contributed by atoms with E-state index in [0.29, 0.717) is 29.4 Å². The van der Waals surface area contributed by atoms with Crippen LogP contribution >= 0.6 is 23.2 Å². The first-order valence-electron chi connectivity index (χ1n) is 9.56. The van der Waals surface area contributed by atoms with Crippen LogP contribution in [0.25, 0.3) is 10.9 Å². The Hall–Kier alpha value is -2.02. The van der Waals surface area contributed by atoms with Gasteiger partial charge in [-0.2, -0.15) is 0 Å².